The number of nitrogens with zero attached hydrogens (tertiary/aromatic N) is 1. The van der Waals surface area contributed by atoms with E-state index in [9.17, 15) is 9.59 Å². The summed E-state index contributed by atoms with van der Waals surface area (Å²) in [7, 11) is 0. The van der Waals surface area contributed by atoms with E-state index in [0.29, 0.717) is 11.0 Å². The number of thiazole rings is 1. The van der Waals surface area contributed by atoms with Crippen molar-refractivity contribution in [3.05, 3.63) is 46.5 Å². The van der Waals surface area contributed by atoms with Gasteiger partial charge in [0.05, 0.1) is 18.2 Å². The van der Waals surface area contributed by atoms with Crippen molar-refractivity contribution in [2.45, 2.75) is 39.2 Å². The highest BCUT2D eigenvalue weighted by Gasteiger charge is 2.20. The standard InChI is InChI=1S/C17H22N4O2S/c1-10(2)14-9-24-17(20-14)21-15(22)8-13(19-16(18)23)12-7-5-4-6-11(12)3/h4-7,9-10,13H,8H2,1-3H3,(H3,18,19,23)(H,20,21,22)/t13-/m1/s1. The maximum atomic E-state index is 12.3. The van der Waals surface area contributed by atoms with Gasteiger partial charge in [-0.15, -0.1) is 11.3 Å². The molecule has 0 saturated carbocycles. The fraction of sp³-hybridized carbons (Fsp3) is 0.353. The molecule has 0 aliphatic carbocycles. The molecule has 0 fully saturated rings. The first-order valence-electron chi connectivity index (χ1n) is 7.73. The number of amides is 3. The van der Waals surface area contributed by atoms with Crippen LogP contribution in [0.3, 0.4) is 0 Å². The summed E-state index contributed by atoms with van der Waals surface area (Å²) in [6.07, 6.45) is 0.0877. The normalized spacial score (nSPS) is 12.0. The second-order valence-electron chi connectivity index (χ2n) is 5.90. The number of nitrogens with one attached hydrogen (secondary N) is 2. The van der Waals surface area contributed by atoms with Gasteiger partial charge in [-0.3, -0.25) is 4.79 Å². The van der Waals surface area contributed by atoms with Crippen LogP contribution in [-0.2, 0) is 4.79 Å². The Morgan fingerprint density at radius 2 is 2.00 bits per heavy atom. The molecule has 1 atom stereocenters. The van der Waals surface area contributed by atoms with E-state index in [1.807, 2.05) is 50.4 Å². The Balaban J connectivity index is 2.09. The first-order valence-corrected chi connectivity index (χ1v) is 8.61. The van der Waals surface area contributed by atoms with Gasteiger partial charge in [0.2, 0.25) is 5.91 Å². The van der Waals surface area contributed by atoms with Gasteiger partial charge in [0.1, 0.15) is 0 Å². The van der Waals surface area contributed by atoms with E-state index in [-0.39, 0.29) is 12.3 Å². The average Bonchev–Trinajstić information content (AvgIpc) is 2.95. The van der Waals surface area contributed by atoms with Crippen molar-refractivity contribution >= 4 is 28.4 Å². The number of hydrogen-bond donors (Lipinski definition) is 3. The van der Waals surface area contributed by atoms with Crippen molar-refractivity contribution in [1.29, 1.82) is 0 Å². The van der Waals surface area contributed by atoms with Crippen LogP contribution in [0.4, 0.5) is 9.93 Å². The number of anilines is 1. The van der Waals surface area contributed by atoms with E-state index < -0.39 is 12.1 Å². The lowest BCUT2D eigenvalue weighted by atomic mass is 9.98. The Bertz CT molecular complexity index is 727. The highest BCUT2D eigenvalue weighted by Crippen LogP contribution is 2.24. The van der Waals surface area contributed by atoms with Crippen LogP contribution >= 0.6 is 11.3 Å². The molecule has 6 nitrogen and oxygen atoms in total. The summed E-state index contributed by atoms with van der Waals surface area (Å²) in [6.45, 7) is 6.02. The highest BCUT2D eigenvalue weighted by molar-refractivity contribution is 7.13. The average molecular weight is 346 g/mol. The number of primary amides is 1. The van der Waals surface area contributed by atoms with E-state index >= 15 is 0 Å². The SMILES string of the molecule is Cc1ccccc1[C@@H](CC(=O)Nc1nc(C(C)C)cs1)NC(N)=O. The van der Waals surface area contributed by atoms with Gasteiger partial charge in [0.15, 0.2) is 5.13 Å². The summed E-state index contributed by atoms with van der Waals surface area (Å²) in [5.74, 6) is 0.0878. The fourth-order valence-electron chi connectivity index (χ4n) is 2.35. The zero-order valence-corrected chi connectivity index (χ0v) is 14.8. The fourth-order valence-corrected chi connectivity index (χ4v) is 3.24. The minimum atomic E-state index is -0.660. The summed E-state index contributed by atoms with van der Waals surface area (Å²) in [6, 6.07) is 6.44. The Morgan fingerprint density at radius 3 is 2.58 bits per heavy atom. The van der Waals surface area contributed by atoms with E-state index in [1.165, 1.54) is 11.3 Å². The molecular weight excluding hydrogens is 324 g/mol. The molecule has 1 heterocycles. The smallest absolute Gasteiger partial charge is 0.312 e. The van der Waals surface area contributed by atoms with Crippen LogP contribution in [-0.4, -0.2) is 16.9 Å². The Hall–Kier alpha value is -2.41. The minimum Gasteiger partial charge on any atom is -0.352 e. The molecule has 0 spiro atoms. The van der Waals surface area contributed by atoms with Crippen LogP contribution in [0.1, 0.15) is 49.0 Å². The molecule has 0 bridgehead atoms. The molecule has 3 amide bonds. The van der Waals surface area contributed by atoms with Crippen LogP contribution in [0.2, 0.25) is 0 Å². The summed E-state index contributed by atoms with van der Waals surface area (Å²) in [5, 5.41) is 7.92. The lowest BCUT2D eigenvalue weighted by Crippen LogP contribution is -2.35. The Morgan fingerprint density at radius 1 is 1.29 bits per heavy atom. The van der Waals surface area contributed by atoms with Crippen molar-refractivity contribution in [2.24, 2.45) is 5.73 Å². The van der Waals surface area contributed by atoms with Gasteiger partial charge in [-0.1, -0.05) is 38.1 Å². The zero-order chi connectivity index (χ0) is 17.7. The predicted octanol–water partition coefficient (Wildman–Crippen LogP) is 3.31. The summed E-state index contributed by atoms with van der Waals surface area (Å²) in [4.78, 5) is 28.0. The molecule has 1 aromatic heterocycles. The third-order valence-electron chi connectivity index (χ3n) is 3.63. The summed E-state index contributed by atoms with van der Waals surface area (Å²) >= 11 is 1.39. The molecule has 4 N–H and O–H groups in total. The van der Waals surface area contributed by atoms with Crippen LogP contribution < -0.4 is 16.4 Å². The highest BCUT2D eigenvalue weighted by atomic mass is 32.1. The van der Waals surface area contributed by atoms with Gasteiger partial charge in [-0.05, 0) is 24.0 Å². The molecule has 7 heteroatoms. The number of rotatable bonds is 6. The topological polar surface area (TPSA) is 97.1 Å². The third kappa shape index (κ3) is 4.79. The second-order valence-corrected chi connectivity index (χ2v) is 6.76. The predicted molar refractivity (Wildman–Crippen MR) is 96.1 cm³/mol. The maximum absolute atomic E-state index is 12.3. The van der Waals surface area contributed by atoms with Gasteiger partial charge in [-0.2, -0.15) is 0 Å². The number of aromatic nitrogens is 1. The summed E-state index contributed by atoms with van der Waals surface area (Å²) < 4.78 is 0. The number of urea groups is 1. The number of benzene rings is 1. The zero-order valence-electron chi connectivity index (χ0n) is 14.0. The molecule has 2 aromatic rings. The molecule has 0 aliphatic heterocycles. The molecule has 24 heavy (non-hydrogen) atoms. The van der Waals surface area contributed by atoms with Crippen LogP contribution in [0.15, 0.2) is 29.6 Å². The van der Waals surface area contributed by atoms with Gasteiger partial charge in [-0.25, -0.2) is 9.78 Å². The molecule has 1 aromatic carbocycles. The number of hydrogen-bond acceptors (Lipinski definition) is 4. The quantitative estimate of drug-likeness (QED) is 0.748. The van der Waals surface area contributed by atoms with Crippen molar-refractivity contribution in [2.75, 3.05) is 5.32 Å². The third-order valence-corrected chi connectivity index (χ3v) is 4.41. The minimum absolute atomic E-state index is 0.0877. The lowest BCUT2D eigenvalue weighted by molar-refractivity contribution is -0.116. The number of nitrogens with two attached hydrogens (primary N) is 1. The lowest BCUT2D eigenvalue weighted by Gasteiger charge is -2.19. The molecule has 0 unspecified atom stereocenters. The first kappa shape index (κ1) is 17.9. The van der Waals surface area contributed by atoms with Gasteiger partial charge >= 0.3 is 6.03 Å². The van der Waals surface area contributed by atoms with Gasteiger partial charge < -0.3 is 16.4 Å². The number of carbonyl (C=O) groups is 2. The molecule has 2 rings (SSSR count). The van der Waals surface area contributed by atoms with Crippen molar-refractivity contribution in [1.82, 2.24) is 10.3 Å². The van der Waals surface area contributed by atoms with Crippen LogP contribution in [0.5, 0.6) is 0 Å². The largest absolute Gasteiger partial charge is 0.352 e. The molecule has 0 radical (unpaired) electrons. The van der Waals surface area contributed by atoms with Crippen molar-refractivity contribution in [3.8, 4) is 0 Å². The van der Waals surface area contributed by atoms with E-state index in [2.05, 4.69) is 15.6 Å². The molecule has 0 saturated heterocycles. The monoisotopic (exact) mass is 346 g/mol. The summed E-state index contributed by atoms with van der Waals surface area (Å²) in [5.41, 5.74) is 8.05. The second kappa shape index (κ2) is 7.92. The number of aryl methyl sites for hydroxylation is 1. The Labute approximate surface area is 145 Å². The van der Waals surface area contributed by atoms with Crippen LogP contribution in [0, 0.1) is 6.92 Å². The maximum Gasteiger partial charge on any atom is 0.312 e. The van der Waals surface area contributed by atoms with Gasteiger partial charge in [0, 0.05) is 5.38 Å². The number of carbonyl (C=O) groups excluding carboxylic acids is 2. The van der Waals surface area contributed by atoms with Crippen molar-refractivity contribution < 1.29 is 9.59 Å². The molecule has 0 aliphatic rings. The molecule has 128 valence electrons. The van der Waals surface area contributed by atoms with Gasteiger partial charge in [0.25, 0.3) is 0 Å². The first-order chi connectivity index (χ1) is 11.4. The van der Waals surface area contributed by atoms with Crippen molar-refractivity contribution in [3.63, 3.8) is 0 Å². The van der Waals surface area contributed by atoms with E-state index in [1.54, 1.807) is 0 Å². The Kier molecular flexibility index (Phi) is 5.92. The molecular formula is C17H22N4O2S. The van der Waals surface area contributed by atoms with E-state index in [4.69, 9.17) is 5.73 Å². The van der Waals surface area contributed by atoms with E-state index in [0.717, 1.165) is 16.8 Å². The van der Waals surface area contributed by atoms with Crippen LogP contribution in [0.25, 0.3) is 0 Å².